The van der Waals surface area contributed by atoms with E-state index in [9.17, 15) is 26.5 Å². The third kappa shape index (κ3) is 3.73. The van der Waals surface area contributed by atoms with Crippen molar-refractivity contribution in [3.63, 3.8) is 0 Å². The summed E-state index contributed by atoms with van der Waals surface area (Å²) in [5.41, 5.74) is -0.761. The van der Waals surface area contributed by atoms with E-state index in [1.165, 1.54) is 6.42 Å². The van der Waals surface area contributed by atoms with Crippen molar-refractivity contribution < 1.29 is 36.0 Å². The van der Waals surface area contributed by atoms with Crippen molar-refractivity contribution in [3.8, 4) is 0 Å². The second kappa shape index (κ2) is 7.32. The number of rotatable bonds is 8. The average molecular weight is 421 g/mol. The Balaban J connectivity index is 1.63. The third-order valence-electron chi connectivity index (χ3n) is 6.79. The molecule has 0 amide bonds. The summed E-state index contributed by atoms with van der Waals surface area (Å²) in [4.78, 5) is 12.6. The second-order valence-electron chi connectivity index (χ2n) is 8.89. The topological polar surface area (TPSA) is 92.7 Å². The van der Waals surface area contributed by atoms with Crippen LogP contribution in [0.4, 0.5) is 8.78 Å². The Kier molecular flexibility index (Phi) is 5.66. The summed E-state index contributed by atoms with van der Waals surface area (Å²) in [5, 5.41) is -4.56. The highest BCUT2D eigenvalue weighted by Gasteiger charge is 2.60. The van der Waals surface area contributed by atoms with Crippen molar-refractivity contribution >= 4 is 16.1 Å². The summed E-state index contributed by atoms with van der Waals surface area (Å²) < 4.78 is 68.3. The fourth-order valence-corrected chi connectivity index (χ4v) is 6.03. The smallest absolute Gasteiger partial charge is 0.357 e. The molecule has 0 aromatic heterocycles. The van der Waals surface area contributed by atoms with Crippen molar-refractivity contribution in [2.75, 3.05) is 13.2 Å². The van der Waals surface area contributed by atoms with E-state index in [4.69, 9.17) is 4.74 Å². The average Bonchev–Trinajstić information content (AvgIpc) is 2.55. The van der Waals surface area contributed by atoms with E-state index in [1.54, 1.807) is 0 Å². The molecule has 4 fully saturated rings. The van der Waals surface area contributed by atoms with Crippen LogP contribution in [0.5, 0.6) is 0 Å². The summed E-state index contributed by atoms with van der Waals surface area (Å²) in [5.74, 6) is 1.35. The number of esters is 1. The van der Waals surface area contributed by atoms with E-state index in [0.717, 1.165) is 25.7 Å². The van der Waals surface area contributed by atoms with Gasteiger partial charge in [-0.3, -0.25) is 0 Å². The highest BCUT2D eigenvalue weighted by molar-refractivity contribution is 7.86. The van der Waals surface area contributed by atoms with E-state index >= 15 is 0 Å². The molecule has 0 N–H and O–H groups in total. The molecule has 0 radical (unpaired) electrons. The standard InChI is InChI=1S/C19H28F2O6S/c1-11(2)19(15-5-13-4-14(7-15)8-16(19)6-13)27-17(22)12(3)9-26-10-18(20,21)28(23,24)25/h11,13-16H,3-10H2,1-2H3,(H,23,24,25)/p-1. The lowest BCUT2D eigenvalue weighted by Crippen LogP contribution is -2.62. The van der Waals surface area contributed by atoms with Gasteiger partial charge in [-0.1, -0.05) is 20.4 Å². The predicted molar refractivity (Wildman–Crippen MR) is 95.3 cm³/mol. The molecular formula is C19H27F2O6S-. The van der Waals surface area contributed by atoms with Gasteiger partial charge in [0.15, 0.2) is 10.1 Å². The lowest BCUT2D eigenvalue weighted by molar-refractivity contribution is -0.222. The zero-order valence-corrected chi connectivity index (χ0v) is 17.0. The number of alkyl halides is 2. The molecule has 0 aliphatic heterocycles. The molecular weight excluding hydrogens is 394 g/mol. The summed E-state index contributed by atoms with van der Waals surface area (Å²) in [6.07, 6.45) is 5.40. The molecule has 0 atom stereocenters. The Bertz CT molecular complexity index is 718. The summed E-state index contributed by atoms with van der Waals surface area (Å²) >= 11 is 0. The van der Waals surface area contributed by atoms with Crippen LogP contribution >= 0.6 is 0 Å². The number of carbonyl (C=O) groups excluding carboxylic acids is 1. The first-order chi connectivity index (χ1) is 12.9. The number of hydrogen-bond donors (Lipinski definition) is 0. The fraction of sp³-hybridized carbons (Fsp3) is 0.842. The van der Waals surface area contributed by atoms with E-state index < -0.39 is 40.2 Å². The van der Waals surface area contributed by atoms with Crippen LogP contribution in [-0.4, -0.2) is 43.0 Å². The van der Waals surface area contributed by atoms with E-state index in [2.05, 4.69) is 11.3 Å². The minimum Gasteiger partial charge on any atom is -0.743 e. The first-order valence-corrected chi connectivity index (χ1v) is 11.1. The Morgan fingerprint density at radius 2 is 1.68 bits per heavy atom. The highest BCUT2D eigenvalue weighted by Crippen LogP contribution is 2.61. The number of hydrogen-bond acceptors (Lipinski definition) is 6. The van der Waals surface area contributed by atoms with Crippen molar-refractivity contribution in [1.82, 2.24) is 0 Å². The van der Waals surface area contributed by atoms with Crippen LogP contribution in [-0.2, 0) is 24.4 Å². The van der Waals surface area contributed by atoms with Crippen LogP contribution in [0.25, 0.3) is 0 Å². The molecule has 4 bridgehead atoms. The van der Waals surface area contributed by atoms with Gasteiger partial charge in [-0.2, -0.15) is 8.78 Å². The fourth-order valence-electron chi connectivity index (χ4n) is 5.80. The van der Waals surface area contributed by atoms with Gasteiger partial charge in [0.05, 0.1) is 12.2 Å². The lowest BCUT2D eigenvalue weighted by atomic mass is 9.47. The maximum absolute atomic E-state index is 13.1. The minimum absolute atomic E-state index is 0.107. The Labute approximate surface area is 164 Å². The molecule has 4 aliphatic rings. The molecule has 4 rings (SSSR count). The Morgan fingerprint density at radius 3 is 2.11 bits per heavy atom. The van der Waals surface area contributed by atoms with Crippen molar-refractivity contribution in [3.05, 3.63) is 12.2 Å². The largest absolute Gasteiger partial charge is 0.743 e. The van der Waals surface area contributed by atoms with Gasteiger partial charge in [0.1, 0.15) is 12.2 Å². The molecule has 9 heteroatoms. The van der Waals surface area contributed by atoms with Gasteiger partial charge in [-0.25, -0.2) is 13.2 Å². The summed E-state index contributed by atoms with van der Waals surface area (Å²) in [6.45, 7) is 5.35. The normalized spacial score (nSPS) is 34.6. The van der Waals surface area contributed by atoms with Crippen LogP contribution in [0.1, 0.15) is 46.0 Å². The van der Waals surface area contributed by atoms with Crippen LogP contribution in [0.2, 0.25) is 0 Å². The predicted octanol–water partition coefficient (Wildman–Crippen LogP) is 3.09. The minimum atomic E-state index is -5.83. The second-order valence-corrected chi connectivity index (χ2v) is 10.4. The van der Waals surface area contributed by atoms with E-state index in [1.807, 2.05) is 13.8 Å². The van der Waals surface area contributed by atoms with Crippen LogP contribution in [0.3, 0.4) is 0 Å². The van der Waals surface area contributed by atoms with Crippen LogP contribution in [0, 0.1) is 29.6 Å². The van der Waals surface area contributed by atoms with Gasteiger partial charge in [0.2, 0.25) is 0 Å². The number of halogens is 2. The lowest BCUT2D eigenvalue weighted by Gasteiger charge is -2.61. The molecule has 0 spiro atoms. The van der Waals surface area contributed by atoms with Crippen molar-refractivity contribution in [2.24, 2.45) is 29.6 Å². The molecule has 160 valence electrons. The zero-order chi connectivity index (χ0) is 20.9. The third-order valence-corrected chi connectivity index (χ3v) is 7.64. The van der Waals surface area contributed by atoms with Crippen molar-refractivity contribution in [1.29, 1.82) is 0 Å². The molecule has 6 nitrogen and oxygen atoms in total. The highest BCUT2D eigenvalue weighted by atomic mass is 32.2. The number of carbonyl (C=O) groups is 1. The van der Waals surface area contributed by atoms with Gasteiger partial charge in [0.25, 0.3) is 0 Å². The zero-order valence-electron chi connectivity index (χ0n) is 16.2. The van der Waals surface area contributed by atoms with Gasteiger partial charge in [-0.05, 0) is 61.7 Å². The van der Waals surface area contributed by atoms with Crippen LogP contribution in [0.15, 0.2) is 12.2 Å². The SMILES string of the molecule is C=C(COCC(F)(F)S(=O)(=O)[O-])C(=O)OC1(C(C)C)C2CC3CC(C2)CC1C3. The maximum atomic E-state index is 13.1. The van der Waals surface area contributed by atoms with E-state index in [-0.39, 0.29) is 23.3 Å². The van der Waals surface area contributed by atoms with Gasteiger partial charge in [-0.15, -0.1) is 0 Å². The summed E-state index contributed by atoms with van der Waals surface area (Å²) in [7, 11) is -5.83. The van der Waals surface area contributed by atoms with Gasteiger partial charge >= 0.3 is 11.2 Å². The molecule has 0 unspecified atom stereocenters. The van der Waals surface area contributed by atoms with E-state index in [0.29, 0.717) is 11.8 Å². The Morgan fingerprint density at radius 1 is 1.18 bits per heavy atom. The van der Waals surface area contributed by atoms with Gasteiger partial charge in [0, 0.05) is 0 Å². The van der Waals surface area contributed by atoms with Gasteiger partial charge < -0.3 is 14.0 Å². The maximum Gasteiger partial charge on any atom is 0.357 e. The molecule has 0 aromatic rings. The molecule has 4 saturated carbocycles. The summed E-state index contributed by atoms with van der Waals surface area (Å²) in [6, 6.07) is 0. The molecule has 0 saturated heterocycles. The molecule has 4 aliphatic carbocycles. The number of ether oxygens (including phenoxy) is 2. The first kappa shape index (κ1) is 21.6. The van der Waals surface area contributed by atoms with Crippen LogP contribution < -0.4 is 0 Å². The quantitative estimate of drug-likeness (QED) is 0.340. The molecule has 0 heterocycles. The first-order valence-electron chi connectivity index (χ1n) is 9.69. The van der Waals surface area contributed by atoms with Crippen molar-refractivity contribution in [2.45, 2.75) is 56.8 Å². The Hall–Kier alpha value is -1.06. The monoisotopic (exact) mass is 421 g/mol. The molecule has 28 heavy (non-hydrogen) atoms. The molecule has 0 aromatic carbocycles.